The summed E-state index contributed by atoms with van der Waals surface area (Å²) in [4.78, 5) is 18.3. The Balaban J connectivity index is 1.65. The molecule has 2 aromatic rings. The van der Waals surface area contributed by atoms with Gasteiger partial charge in [-0.15, -0.1) is 23.1 Å². The van der Waals surface area contributed by atoms with E-state index in [9.17, 15) is 4.79 Å². The van der Waals surface area contributed by atoms with E-state index >= 15 is 0 Å². The molecule has 0 unspecified atom stereocenters. The van der Waals surface area contributed by atoms with E-state index < -0.39 is 0 Å². The van der Waals surface area contributed by atoms with E-state index in [0.29, 0.717) is 6.42 Å². The van der Waals surface area contributed by atoms with Crippen molar-refractivity contribution in [1.29, 1.82) is 0 Å². The quantitative estimate of drug-likeness (QED) is 0.767. The Labute approximate surface area is 163 Å². The molecule has 1 amide bonds. The summed E-state index contributed by atoms with van der Waals surface area (Å²) in [5.74, 6) is 0.960. The van der Waals surface area contributed by atoms with Gasteiger partial charge in [0.1, 0.15) is 0 Å². The van der Waals surface area contributed by atoms with Crippen molar-refractivity contribution in [2.24, 2.45) is 0 Å². The first kappa shape index (κ1) is 17.7. The van der Waals surface area contributed by atoms with Crippen LogP contribution in [0.15, 0.2) is 29.2 Å². The maximum atomic E-state index is 12.0. The largest absolute Gasteiger partial charge is 0.378 e. The molecular formula is C20H25N3OS2. The highest BCUT2D eigenvalue weighted by Gasteiger charge is 2.20. The molecule has 2 aliphatic heterocycles. The molecule has 138 valence electrons. The molecule has 0 radical (unpaired) electrons. The number of carbonyl (C=O) groups excluding carboxylic acids is 1. The van der Waals surface area contributed by atoms with E-state index in [1.54, 1.807) is 11.8 Å². The minimum Gasteiger partial charge on any atom is -0.378 e. The zero-order valence-corrected chi connectivity index (χ0v) is 16.8. The first-order valence-electron chi connectivity index (χ1n) is 9.34. The van der Waals surface area contributed by atoms with E-state index in [-0.39, 0.29) is 5.91 Å². The number of thioether (sulfide) groups is 1. The van der Waals surface area contributed by atoms with Gasteiger partial charge in [-0.1, -0.05) is 0 Å². The minimum atomic E-state index is 0.113. The number of piperidine rings is 1. The summed E-state index contributed by atoms with van der Waals surface area (Å²) in [6, 6.07) is 8.77. The summed E-state index contributed by atoms with van der Waals surface area (Å²) in [5, 5.41) is 6.71. The lowest BCUT2D eigenvalue weighted by atomic mass is 10.1. The van der Waals surface area contributed by atoms with Gasteiger partial charge in [0.05, 0.1) is 17.1 Å². The van der Waals surface area contributed by atoms with Crippen LogP contribution in [0, 0.1) is 6.92 Å². The van der Waals surface area contributed by atoms with Gasteiger partial charge in [0.15, 0.2) is 0 Å². The fraction of sp³-hybridized carbons (Fsp3) is 0.450. The van der Waals surface area contributed by atoms with Crippen molar-refractivity contribution < 1.29 is 4.79 Å². The van der Waals surface area contributed by atoms with E-state index in [1.165, 1.54) is 39.6 Å². The summed E-state index contributed by atoms with van der Waals surface area (Å²) < 4.78 is 0. The van der Waals surface area contributed by atoms with Gasteiger partial charge >= 0.3 is 0 Å². The van der Waals surface area contributed by atoms with Gasteiger partial charge in [-0.25, -0.2) is 0 Å². The minimum absolute atomic E-state index is 0.113. The zero-order chi connectivity index (χ0) is 17.9. The predicted octanol–water partition coefficient (Wildman–Crippen LogP) is 5.09. The summed E-state index contributed by atoms with van der Waals surface area (Å²) in [7, 11) is 0. The van der Waals surface area contributed by atoms with Crippen molar-refractivity contribution in [3.63, 3.8) is 0 Å². The number of hydrogen-bond acceptors (Lipinski definition) is 5. The molecule has 3 heterocycles. The molecular weight excluding hydrogens is 362 g/mol. The number of anilines is 3. The van der Waals surface area contributed by atoms with E-state index in [4.69, 9.17) is 0 Å². The smallest absolute Gasteiger partial charge is 0.225 e. The number of benzene rings is 1. The number of hydrogen-bond donors (Lipinski definition) is 2. The molecule has 0 atom stereocenters. The molecule has 0 saturated carbocycles. The monoisotopic (exact) mass is 387 g/mol. The molecule has 1 aromatic carbocycles. The van der Waals surface area contributed by atoms with Gasteiger partial charge in [0.25, 0.3) is 0 Å². The fourth-order valence-electron chi connectivity index (χ4n) is 3.55. The van der Waals surface area contributed by atoms with Crippen molar-refractivity contribution in [3.8, 4) is 0 Å². The molecule has 2 aliphatic rings. The van der Waals surface area contributed by atoms with Gasteiger partial charge in [0.2, 0.25) is 5.91 Å². The Kier molecular flexibility index (Phi) is 5.41. The Morgan fingerprint density at radius 3 is 2.81 bits per heavy atom. The molecule has 4 rings (SSSR count). The van der Waals surface area contributed by atoms with Gasteiger partial charge < -0.3 is 15.5 Å². The van der Waals surface area contributed by atoms with Crippen LogP contribution in [-0.2, 0) is 11.3 Å². The SMILES string of the molecule is Cc1ccc(CNc2cc3c(cc2N2CCCCC2)SCCC(=O)N3)s1. The second-order valence-corrected chi connectivity index (χ2v) is 9.43. The van der Waals surface area contributed by atoms with Crippen molar-refractivity contribution >= 4 is 46.1 Å². The normalized spacial score (nSPS) is 17.4. The van der Waals surface area contributed by atoms with Crippen LogP contribution in [0.3, 0.4) is 0 Å². The van der Waals surface area contributed by atoms with Gasteiger partial charge in [-0.05, 0) is 50.5 Å². The highest BCUT2D eigenvalue weighted by atomic mass is 32.2. The van der Waals surface area contributed by atoms with E-state index in [1.807, 2.05) is 11.3 Å². The summed E-state index contributed by atoms with van der Waals surface area (Å²) in [6.45, 7) is 5.19. The molecule has 1 fully saturated rings. The lowest BCUT2D eigenvalue weighted by molar-refractivity contribution is -0.115. The van der Waals surface area contributed by atoms with Crippen LogP contribution in [0.4, 0.5) is 17.1 Å². The number of nitrogens with one attached hydrogen (secondary N) is 2. The lowest BCUT2D eigenvalue weighted by Gasteiger charge is -2.31. The second kappa shape index (κ2) is 7.92. The van der Waals surface area contributed by atoms with Crippen LogP contribution < -0.4 is 15.5 Å². The van der Waals surface area contributed by atoms with Crippen molar-refractivity contribution in [3.05, 3.63) is 34.0 Å². The molecule has 4 nitrogen and oxygen atoms in total. The highest BCUT2D eigenvalue weighted by Crippen LogP contribution is 2.40. The Hall–Kier alpha value is -1.66. The molecule has 0 spiro atoms. The average Bonchev–Trinajstić information content (AvgIpc) is 2.98. The lowest BCUT2D eigenvalue weighted by Crippen LogP contribution is -2.30. The second-order valence-electron chi connectivity index (χ2n) is 6.93. The molecule has 0 aliphatic carbocycles. The predicted molar refractivity (Wildman–Crippen MR) is 113 cm³/mol. The van der Waals surface area contributed by atoms with Crippen molar-refractivity contribution in [1.82, 2.24) is 0 Å². The third kappa shape index (κ3) is 4.01. The first-order valence-corrected chi connectivity index (χ1v) is 11.1. The maximum Gasteiger partial charge on any atom is 0.225 e. The zero-order valence-electron chi connectivity index (χ0n) is 15.1. The van der Waals surface area contributed by atoms with Crippen LogP contribution in [0.5, 0.6) is 0 Å². The highest BCUT2D eigenvalue weighted by molar-refractivity contribution is 7.99. The Morgan fingerprint density at radius 1 is 1.19 bits per heavy atom. The number of aryl methyl sites for hydroxylation is 1. The average molecular weight is 388 g/mol. The number of nitrogens with zero attached hydrogens (tertiary/aromatic N) is 1. The van der Waals surface area contributed by atoms with Crippen LogP contribution in [0.2, 0.25) is 0 Å². The van der Waals surface area contributed by atoms with Crippen LogP contribution >= 0.6 is 23.1 Å². The third-order valence-corrected chi connectivity index (χ3v) is 6.96. The van der Waals surface area contributed by atoms with Gasteiger partial charge in [-0.3, -0.25) is 4.79 Å². The maximum absolute atomic E-state index is 12.0. The van der Waals surface area contributed by atoms with E-state index in [2.05, 4.69) is 46.7 Å². The van der Waals surface area contributed by atoms with Crippen molar-refractivity contribution in [2.45, 2.75) is 44.0 Å². The molecule has 6 heteroatoms. The summed E-state index contributed by atoms with van der Waals surface area (Å²) in [5.41, 5.74) is 3.35. The number of rotatable bonds is 4. The topological polar surface area (TPSA) is 44.4 Å². The molecule has 1 aromatic heterocycles. The van der Waals surface area contributed by atoms with Gasteiger partial charge in [-0.2, -0.15) is 0 Å². The number of carbonyl (C=O) groups is 1. The Bertz CT molecular complexity index is 796. The first-order chi connectivity index (χ1) is 12.7. The molecule has 2 N–H and O–H groups in total. The number of thiophene rings is 1. The van der Waals surface area contributed by atoms with Gasteiger partial charge in [0, 0.05) is 46.5 Å². The fourth-order valence-corrected chi connectivity index (χ4v) is 5.35. The third-order valence-electron chi connectivity index (χ3n) is 4.90. The molecule has 26 heavy (non-hydrogen) atoms. The molecule has 0 bridgehead atoms. The number of amides is 1. The summed E-state index contributed by atoms with van der Waals surface area (Å²) >= 11 is 3.61. The standard InChI is InChI=1S/C20H25N3OS2/c1-14-5-6-15(26-14)13-21-16-11-17-19(25-10-7-20(24)22-17)12-18(16)23-8-3-2-4-9-23/h5-6,11-12,21H,2-4,7-10,13H2,1H3,(H,22,24). The Morgan fingerprint density at radius 2 is 2.04 bits per heavy atom. The van der Waals surface area contributed by atoms with Crippen LogP contribution in [-0.4, -0.2) is 24.7 Å². The van der Waals surface area contributed by atoms with Crippen LogP contribution in [0.25, 0.3) is 0 Å². The van der Waals surface area contributed by atoms with Crippen molar-refractivity contribution in [2.75, 3.05) is 34.4 Å². The summed E-state index contributed by atoms with van der Waals surface area (Å²) in [6.07, 6.45) is 4.41. The number of fused-ring (bicyclic) bond motifs is 1. The van der Waals surface area contributed by atoms with E-state index in [0.717, 1.165) is 36.8 Å². The van der Waals surface area contributed by atoms with Crippen LogP contribution in [0.1, 0.15) is 35.4 Å². The molecule has 1 saturated heterocycles.